The molecule has 11 nitrogen and oxygen atoms in total. The van der Waals surface area contributed by atoms with E-state index in [2.05, 4.69) is 39.1 Å². The van der Waals surface area contributed by atoms with Crippen molar-refractivity contribution in [3.63, 3.8) is 0 Å². The number of nitrogens with two attached hydrogens (primary N) is 3. The standard InChI is InChI=1S/C21H26N2O3.C6H14N4O2/c1-26-21(25)19-15-10-17-20-14(13-4-2-3-5-16(13)22-20)8-9-23(17)11-12(15)6-7-18(19)24;7-4(5(11)12)2-1-3-10-6(8)9/h2-5,12,15,17-19,22,24H,6-11H2,1H3;4H,1-3,7H2,(H,11,12)(H4,8,9,10)/t12-,15-,17-,18-,19+;4-/m00/s1. The van der Waals surface area contributed by atoms with E-state index in [9.17, 15) is 14.7 Å². The van der Waals surface area contributed by atoms with Gasteiger partial charge in [0.15, 0.2) is 5.96 Å². The number of aliphatic imine (C=N–C) groups is 1. The number of nitrogens with one attached hydrogen (secondary N) is 1. The number of para-hydroxylation sites is 1. The number of aliphatic hydroxyl groups excluding tert-OH is 1. The summed E-state index contributed by atoms with van der Waals surface area (Å²) in [5.74, 6) is -0.933. The second-order valence-electron chi connectivity index (χ2n) is 10.6. The van der Waals surface area contributed by atoms with Crippen LogP contribution in [0.4, 0.5) is 0 Å². The van der Waals surface area contributed by atoms with Gasteiger partial charge in [-0.25, -0.2) is 0 Å². The number of ether oxygens (including phenoxy) is 1. The Kier molecular flexibility index (Phi) is 8.91. The van der Waals surface area contributed by atoms with E-state index in [1.807, 2.05) is 0 Å². The van der Waals surface area contributed by atoms with Crippen molar-refractivity contribution < 1.29 is 24.5 Å². The molecule has 0 unspecified atom stereocenters. The van der Waals surface area contributed by atoms with Gasteiger partial charge in [0, 0.05) is 36.2 Å². The van der Waals surface area contributed by atoms with E-state index in [4.69, 9.17) is 27.0 Å². The fourth-order valence-corrected chi connectivity index (χ4v) is 6.45. The number of nitrogens with zero attached hydrogens (tertiary/aromatic N) is 2. The SMILES string of the molecule is COC(=O)[C@@H]1[C@H]2C[C@H]3c4[nH]c5ccccc5c4CCN3C[C@@H]2CC[C@@H]1O.NC(N)=NCCC[C@H](N)C(=O)O. The van der Waals surface area contributed by atoms with E-state index in [-0.39, 0.29) is 23.8 Å². The number of aromatic nitrogens is 1. The molecule has 2 fully saturated rings. The molecule has 11 heteroatoms. The number of carbonyl (C=O) groups is 2. The number of piperidine rings is 1. The molecule has 1 aromatic carbocycles. The van der Waals surface area contributed by atoms with Crippen LogP contribution in [0.25, 0.3) is 10.9 Å². The molecule has 0 bridgehead atoms. The number of benzene rings is 1. The van der Waals surface area contributed by atoms with Crippen molar-refractivity contribution in [2.45, 2.75) is 56.7 Å². The smallest absolute Gasteiger partial charge is 0.320 e. The van der Waals surface area contributed by atoms with Gasteiger partial charge >= 0.3 is 11.9 Å². The predicted molar refractivity (Wildman–Crippen MR) is 144 cm³/mol. The van der Waals surface area contributed by atoms with Gasteiger partial charge in [0.25, 0.3) is 0 Å². The van der Waals surface area contributed by atoms with Crippen LogP contribution < -0.4 is 17.2 Å². The number of fused-ring (bicyclic) bond motifs is 6. The Morgan fingerprint density at radius 3 is 2.74 bits per heavy atom. The summed E-state index contributed by atoms with van der Waals surface area (Å²) < 4.78 is 5.04. The highest BCUT2D eigenvalue weighted by molar-refractivity contribution is 5.85. The lowest BCUT2D eigenvalue weighted by atomic mass is 9.65. The average molecular weight is 529 g/mol. The summed E-state index contributed by atoms with van der Waals surface area (Å²) in [5.41, 5.74) is 19.3. The lowest BCUT2D eigenvalue weighted by Crippen LogP contribution is -2.53. The second-order valence-corrected chi connectivity index (χ2v) is 10.6. The molecule has 3 aliphatic rings. The van der Waals surface area contributed by atoms with E-state index >= 15 is 0 Å². The molecule has 0 amide bonds. The molecule has 6 atom stereocenters. The van der Waals surface area contributed by atoms with Crippen LogP contribution in [-0.4, -0.2) is 76.9 Å². The molecule has 1 aliphatic carbocycles. The van der Waals surface area contributed by atoms with Crippen LogP contribution in [0, 0.1) is 17.8 Å². The van der Waals surface area contributed by atoms with Crippen molar-refractivity contribution in [2.24, 2.45) is 39.9 Å². The number of aliphatic carboxylic acids is 1. The predicted octanol–water partition coefficient (Wildman–Crippen LogP) is 1.10. The van der Waals surface area contributed by atoms with Gasteiger partial charge in [-0.15, -0.1) is 0 Å². The summed E-state index contributed by atoms with van der Waals surface area (Å²) in [6, 6.07) is 8.01. The largest absolute Gasteiger partial charge is 0.480 e. The van der Waals surface area contributed by atoms with Crippen molar-refractivity contribution >= 4 is 28.8 Å². The van der Waals surface area contributed by atoms with Crippen LogP contribution in [0.3, 0.4) is 0 Å². The molecule has 1 aromatic heterocycles. The Morgan fingerprint density at radius 1 is 1.26 bits per heavy atom. The number of H-pyrrole nitrogens is 1. The average Bonchev–Trinajstić information content (AvgIpc) is 3.29. The maximum Gasteiger partial charge on any atom is 0.320 e. The van der Waals surface area contributed by atoms with Gasteiger partial charge in [-0.2, -0.15) is 0 Å². The summed E-state index contributed by atoms with van der Waals surface area (Å²) in [6.07, 6.45) is 4.09. The summed E-state index contributed by atoms with van der Waals surface area (Å²) in [5, 5.41) is 20.2. The minimum Gasteiger partial charge on any atom is -0.480 e. The van der Waals surface area contributed by atoms with Gasteiger partial charge in [-0.1, -0.05) is 18.2 Å². The summed E-state index contributed by atoms with van der Waals surface area (Å²) >= 11 is 0. The molecule has 0 radical (unpaired) electrons. The fraction of sp³-hybridized carbons (Fsp3) is 0.593. The van der Waals surface area contributed by atoms with Crippen LogP contribution in [0.15, 0.2) is 29.3 Å². The first-order chi connectivity index (χ1) is 18.2. The van der Waals surface area contributed by atoms with Crippen LogP contribution in [0.2, 0.25) is 0 Å². The van der Waals surface area contributed by atoms with Crippen LogP contribution >= 0.6 is 0 Å². The molecular weight excluding hydrogens is 488 g/mol. The van der Waals surface area contributed by atoms with Gasteiger partial charge in [0.1, 0.15) is 6.04 Å². The van der Waals surface area contributed by atoms with Gasteiger partial charge in [0.2, 0.25) is 0 Å². The van der Waals surface area contributed by atoms with E-state index in [0.717, 1.165) is 32.4 Å². The summed E-state index contributed by atoms with van der Waals surface area (Å²) in [4.78, 5) is 32.5. The Labute approximate surface area is 222 Å². The van der Waals surface area contributed by atoms with Crippen molar-refractivity contribution in [1.82, 2.24) is 9.88 Å². The first-order valence-corrected chi connectivity index (χ1v) is 13.3. The number of hydrogen-bond donors (Lipinski definition) is 6. The maximum atomic E-state index is 12.4. The Hall–Kier alpha value is -3.15. The molecule has 3 heterocycles. The molecule has 2 aromatic rings. The molecule has 0 spiro atoms. The Balaban J connectivity index is 0.000000240. The highest BCUT2D eigenvalue weighted by atomic mass is 16.5. The Morgan fingerprint density at radius 2 is 2.03 bits per heavy atom. The van der Waals surface area contributed by atoms with E-state index in [0.29, 0.717) is 37.8 Å². The third-order valence-corrected chi connectivity index (χ3v) is 8.31. The molecule has 208 valence electrons. The first-order valence-electron chi connectivity index (χ1n) is 13.3. The summed E-state index contributed by atoms with van der Waals surface area (Å²) in [7, 11) is 1.43. The lowest BCUT2D eigenvalue weighted by Gasteiger charge is -2.50. The maximum absolute atomic E-state index is 12.4. The van der Waals surface area contributed by atoms with Crippen molar-refractivity contribution in [3.05, 3.63) is 35.5 Å². The number of aromatic amines is 1. The van der Waals surface area contributed by atoms with E-state index < -0.39 is 18.1 Å². The topological polar surface area (TPSA) is 193 Å². The molecule has 5 rings (SSSR count). The highest BCUT2D eigenvalue weighted by Crippen LogP contribution is 2.49. The van der Waals surface area contributed by atoms with Crippen molar-refractivity contribution in [1.29, 1.82) is 0 Å². The number of aliphatic hydroxyl groups is 1. The molecule has 1 saturated heterocycles. The monoisotopic (exact) mass is 528 g/mol. The zero-order valence-corrected chi connectivity index (χ0v) is 21.9. The van der Waals surface area contributed by atoms with Crippen molar-refractivity contribution in [3.8, 4) is 0 Å². The number of hydrogen-bond acceptors (Lipinski definition) is 7. The number of methoxy groups -OCH3 is 1. The zero-order chi connectivity index (χ0) is 27.4. The fourth-order valence-electron chi connectivity index (χ4n) is 6.45. The van der Waals surface area contributed by atoms with Crippen LogP contribution in [0.5, 0.6) is 0 Å². The Bertz CT molecular complexity index is 1160. The lowest BCUT2D eigenvalue weighted by molar-refractivity contribution is -0.160. The number of carbonyl (C=O) groups excluding carboxylic acids is 1. The third kappa shape index (κ3) is 5.95. The zero-order valence-electron chi connectivity index (χ0n) is 21.9. The summed E-state index contributed by atoms with van der Waals surface area (Å²) in [6.45, 7) is 2.52. The number of guanidine groups is 1. The van der Waals surface area contributed by atoms with Crippen LogP contribution in [0.1, 0.15) is 49.4 Å². The number of carboxylic acids is 1. The minimum absolute atomic E-state index is 0.0129. The molecular formula is C27H40N6O5. The first kappa shape index (κ1) is 27.9. The number of rotatable bonds is 6. The molecule has 38 heavy (non-hydrogen) atoms. The van der Waals surface area contributed by atoms with Gasteiger partial charge < -0.3 is 37.1 Å². The van der Waals surface area contributed by atoms with Gasteiger partial charge in [0.05, 0.1) is 25.2 Å². The number of esters is 1. The van der Waals surface area contributed by atoms with Gasteiger partial charge in [-0.3, -0.25) is 19.5 Å². The second kappa shape index (κ2) is 12.1. The van der Waals surface area contributed by atoms with Crippen molar-refractivity contribution in [2.75, 3.05) is 26.7 Å². The number of carboxylic acid groups (broad SMARTS) is 1. The molecule has 2 aliphatic heterocycles. The minimum atomic E-state index is -1.00. The van der Waals surface area contributed by atoms with Crippen LogP contribution in [-0.2, 0) is 20.7 Å². The normalized spacial score (nSPS) is 27.1. The quantitative estimate of drug-likeness (QED) is 0.138. The third-order valence-electron chi connectivity index (χ3n) is 8.31. The molecule has 1 saturated carbocycles. The van der Waals surface area contributed by atoms with E-state index in [1.54, 1.807) is 0 Å². The van der Waals surface area contributed by atoms with Gasteiger partial charge in [-0.05, 0) is 62.0 Å². The highest BCUT2D eigenvalue weighted by Gasteiger charge is 2.49. The van der Waals surface area contributed by atoms with E-state index in [1.165, 1.54) is 29.3 Å². The molecule has 9 N–H and O–H groups in total.